The maximum absolute atomic E-state index is 12.4. The van der Waals surface area contributed by atoms with Gasteiger partial charge in [-0.15, -0.1) is 11.8 Å². The molecule has 0 spiro atoms. The van der Waals surface area contributed by atoms with Gasteiger partial charge in [-0.3, -0.25) is 4.79 Å². The first-order valence-corrected chi connectivity index (χ1v) is 9.39. The van der Waals surface area contributed by atoms with Gasteiger partial charge in [0, 0.05) is 42.9 Å². The Labute approximate surface area is 144 Å². The summed E-state index contributed by atoms with van der Waals surface area (Å²) in [5.74, 6) is 0.0483. The zero-order chi connectivity index (χ0) is 16.7. The maximum Gasteiger partial charge on any atom is 0.252 e. The molecular weight excluding hydrogens is 306 g/mol. The number of nitrogens with one attached hydrogen (secondary N) is 1. The molecular formula is C18H29N3OS. The van der Waals surface area contributed by atoms with Crippen LogP contribution in [0.15, 0.2) is 29.2 Å². The molecule has 1 aromatic rings. The van der Waals surface area contributed by atoms with Gasteiger partial charge >= 0.3 is 0 Å². The number of thioether (sulfide) groups is 1. The lowest BCUT2D eigenvalue weighted by atomic mass is 10.2. The van der Waals surface area contributed by atoms with E-state index >= 15 is 0 Å². The summed E-state index contributed by atoms with van der Waals surface area (Å²) >= 11 is 1.74. The predicted molar refractivity (Wildman–Crippen MR) is 98.3 cm³/mol. The van der Waals surface area contributed by atoms with Gasteiger partial charge < -0.3 is 15.1 Å². The van der Waals surface area contributed by atoms with E-state index in [0.717, 1.165) is 56.1 Å². The smallest absolute Gasteiger partial charge is 0.252 e. The lowest BCUT2D eigenvalue weighted by molar-refractivity contribution is 0.0946. The molecule has 2 rings (SSSR count). The zero-order valence-corrected chi connectivity index (χ0v) is 15.4. The Morgan fingerprint density at radius 3 is 2.61 bits per heavy atom. The van der Waals surface area contributed by atoms with E-state index in [1.807, 2.05) is 24.3 Å². The van der Waals surface area contributed by atoms with E-state index in [0.29, 0.717) is 5.25 Å². The van der Waals surface area contributed by atoms with Gasteiger partial charge in [0.15, 0.2) is 0 Å². The first-order chi connectivity index (χ1) is 11.1. The lowest BCUT2D eigenvalue weighted by Crippen LogP contribution is -2.45. The fourth-order valence-electron chi connectivity index (χ4n) is 2.68. The number of benzene rings is 1. The second-order valence-electron chi connectivity index (χ2n) is 6.42. The highest BCUT2D eigenvalue weighted by Gasteiger charge is 2.14. The quantitative estimate of drug-likeness (QED) is 0.614. The van der Waals surface area contributed by atoms with Gasteiger partial charge in [0.2, 0.25) is 0 Å². The summed E-state index contributed by atoms with van der Waals surface area (Å²) in [6, 6.07) is 7.88. The average Bonchev–Trinajstić information content (AvgIpc) is 2.53. The number of piperazine rings is 1. The van der Waals surface area contributed by atoms with Gasteiger partial charge in [0.1, 0.15) is 0 Å². The summed E-state index contributed by atoms with van der Waals surface area (Å²) in [5, 5.41) is 3.54. The van der Waals surface area contributed by atoms with Gasteiger partial charge in [0.05, 0.1) is 5.56 Å². The third-order valence-electron chi connectivity index (χ3n) is 4.03. The summed E-state index contributed by atoms with van der Waals surface area (Å²) in [6.45, 7) is 10.7. The van der Waals surface area contributed by atoms with Crippen molar-refractivity contribution in [2.24, 2.45) is 0 Å². The molecule has 0 unspecified atom stereocenters. The van der Waals surface area contributed by atoms with Crippen molar-refractivity contribution in [2.45, 2.75) is 30.4 Å². The number of hydrogen-bond acceptors (Lipinski definition) is 4. The summed E-state index contributed by atoms with van der Waals surface area (Å²) in [6.07, 6.45) is 1.01. The van der Waals surface area contributed by atoms with Gasteiger partial charge in [0.25, 0.3) is 5.91 Å². The minimum absolute atomic E-state index is 0.0483. The van der Waals surface area contributed by atoms with E-state index in [4.69, 9.17) is 0 Å². The Bertz CT molecular complexity index is 499. The van der Waals surface area contributed by atoms with E-state index in [9.17, 15) is 4.79 Å². The minimum atomic E-state index is 0.0483. The van der Waals surface area contributed by atoms with Gasteiger partial charge in [-0.1, -0.05) is 26.0 Å². The second-order valence-corrected chi connectivity index (χ2v) is 8.04. The molecule has 0 aliphatic carbocycles. The normalized spacial score (nSPS) is 16.7. The molecule has 0 saturated carbocycles. The molecule has 1 aliphatic rings. The average molecular weight is 336 g/mol. The van der Waals surface area contributed by atoms with Crippen molar-refractivity contribution >= 4 is 17.7 Å². The van der Waals surface area contributed by atoms with Crippen LogP contribution in [0.4, 0.5) is 0 Å². The number of nitrogens with zero attached hydrogens (tertiary/aromatic N) is 2. The molecule has 128 valence electrons. The molecule has 1 heterocycles. The maximum atomic E-state index is 12.4. The van der Waals surface area contributed by atoms with Crippen molar-refractivity contribution in [1.82, 2.24) is 15.1 Å². The minimum Gasteiger partial charge on any atom is -0.352 e. The van der Waals surface area contributed by atoms with Crippen molar-refractivity contribution in [2.75, 3.05) is 46.3 Å². The lowest BCUT2D eigenvalue weighted by Gasteiger charge is -2.32. The topological polar surface area (TPSA) is 35.6 Å². The standard InChI is InChI=1S/C18H29N3OS/c1-15(2)23-17-8-5-4-7-16(17)18(22)19-9-6-10-21-13-11-20(3)12-14-21/h4-5,7-8,15H,6,9-14H2,1-3H3,(H,19,22). The van der Waals surface area contributed by atoms with E-state index in [2.05, 4.69) is 36.0 Å². The van der Waals surface area contributed by atoms with E-state index in [1.54, 1.807) is 11.8 Å². The largest absolute Gasteiger partial charge is 0.352 e. The van der Waals surface area contributed by atoms with Crippen LogP contribution in [0.3, 0.4) is 0 Å². The van der Waals surface area contributed by atoms with Crippen molar-refractivity contribution in [3.05, 3.63) is 29.8 Å². The van der Waals surface area contributed by atoms with E-state index in [-0.39, 0.29) is 5.91 Å². The first kappa shape index (κ1) is 18.3. The predicted octanol–water partition coefficient (Wildman–Crippen LogP) is 2.55. The third kappa shape index (κ3) is 6.16. The Kier molecular flexibility index (Phi) is 7.40. The first-order valence-electron chi connectivity index (χ1n) is 8.51. The molecule has 1 amide bonds. The number of carbonyl (C=O) groups is 1. The molecule has 0 atom stereocenters. The number of rotatable bonds is 7. The zero-order valence-electron chi connectivity index (χ0n) is 14.5. The van der Waals surface area contributed by atoms with Gasteiger partial charge in [-0.2, -0.15) is 0 Å². The molecule has 1 fully saturated rings. The van der Waals surface area contributed by atoms with Crippen molar-refractivity contribution in [3.63, 3.8) is 0 Å². The Morgan fingerprint density at radius 1 is 1.22 bits per heavy atom. The molecule has 23 heavy (non-hydrogen) atoms. The molecule has 1 saturated heterocycles. The highest BCUT2D eigenvalue weighted by atomic mass is 32.2. The molecule has 0 bridgehead atoms. The number of carbonyl (C=O) groups excluding carboxylic acids is 1. The van der Waals surface area contributed by atoms with Crippen molar-refractivity contribution in [1.29, 1.82) is 0 Å². The van der Waals surface area contributed by atoms with Crippen LogP contribution in [0.5, 0.6) is 0 Å². The summed E-state index contributed by atoms with van der Waals surface area (Å²) in [7, 11) is 2.17. The van der Waals surface area contributed by atoms with Crippen LogP contribution in [0.1, 0.15) is 30.6 Å². The van der Waals surface area contributed by atoms with Crippen molar-refractivity contribution < 1.29 is 4.79 Å². The summed E-state index contributed by atoms with van der Waals surface area (Å²) in [4.78, 5) is 18.3. The van der Waals surface area contributed by atoms with Crippen LogP contribution < -0.4 is 5.32 Å². The molecule has 4 nitrogen and oxygen atoms in total. The highest BCUT2D eigenvalue weighted by molar-refractivity contribution is 8.00. The number of amides is 1. The Hall–Kier alpha value is -1.04. The third-order valence-corrected chi connectivity index (χ3v) is 5.11. The number of likely N-dealkylation sites (N-methyl/N-ethyl adjacent to an activating group) is 1. The Balaban J connectivity index is 1.74. The summed E-state index contributed by atoms with van der Waals surface area (Å²) < 4.78 is 0. The Morgan fingerprint density at radius 2 is 1.91 bits per heavy atom. The fourth-order valence-corrected chi connectivity index (χ4v) is 3.63. The number of hydrogen-bond donors (Lipinski definition) is 1. The summed E-state index contributed by atoms with van der Waals surface area (Å²) in [5.41, 5.74) is 0.797. The van der Waals surface area contributed by atoms with Crippen molar-refractivity contribution in [3.8, 4) is 0 Å². The molecule has 0 radical (unpaired) electrons. The van der Waals surface area contributed by atoms with Crippen LogP contribution in [-0.4, -0.2) is 67.3 Å². The molecule has 5 heteroatoms. The fraction of sp³-hybridized carbons (Fsp3) is 0.611. The second kappa shape index (κ2) is 9.30. The molecule has 1 aromatic carbocycles. The van der Waals surface area contributed by atoms with Crippen LogP contribution in [0, 0.1) is 0 Å². The molecule has 1 aliphatic heterocycles. The van der Waals surface area contributed by atoms with Gasteiger partial charge in [-0.25, -0.2) is 0 Å². The SMILES string of the molecule is CC(C)Sc1ccccc1C(=O)NCCCN1CCN(C)CC1. The van der Waals surface area contributed by atoms with E-state index in [1.165, 1.54) is 0 Å². The van der Waals surface area contributed by atoms with Crippen LogP contribution in [0.2, 0.25) is 0 Å². The van der Waals surface area contributed by atoms with E-state index < -0.39 is 0 Å². The van der Waals surface area contributed by atoms with Crippen LogP contribution in [0.25, 0.3) is 0 Å². The monoisotopic (exact) mass is 335 g/mol. The van der Waals surface area contributed by atoms with Gasteiger partial charge in [-0.05, 0) is 32.1 Å². The van der Waals surface area contributed by atoms with Crippen LogP contribution >= 0.6 is 11.8 Å². The van der Waals surface area contributed by atoms with Crippen LogP contribution in [-0.2, 0) is 0 Å². The molecule has 0 aromatic heterocycles. The molecule has 1 N–H and O–H groups in total. The highest BCUT2D eigenvalue weighted by Crippen LogP contribution is 2.26.